The molecule has 0 saturated carbocycles. The van der Waals surface area contributed by atoms with E-state index in [0.29, 0.717) is 5.13 Å². The van der Waals surface area contributed by atoms with Gasteiger partial charge < -0.3 is 10.6 Å². The first-order chi connectivity index (χ1) is 12.9. The molecule has 0 aliphatic heterocycles. The van der Waals surface area contributed by atoms with E-state index in [2.05, 4.69) is 26.9 Å². The zero-order valence-electron chi connectivity index (χ0n) is 15.7. The molecule has 0 unspecified atom stereocenters. The first-order valence-electron chi connectivity index (χ1n) is 8.62. The van der Waals surface area contributed by atoms with Crippen LogP contribution in [0.4, 0.5) is 16.5 Å². The highest BCUT2D eigenvalue weighted by Gasteiger charge is 2.18. The smallest absolute Gasteiger partial charge is 0.237 e. The third-order valence-electron chi connectivity index (χ3n) is 3.97. The van der Waals surface area contributed by atoms with Gasteiger partial charge in [-0.25, -0.2) is 0 Å². The summed E-state index contributed by atoms with van der Waals surface area (Å²) in [6.07, 6.45) is 0. The summed E-state index contributed by atoms with van der Waals surface area (Å²) >= 11 is 2.85. The van der Waals surface area contributed by atoms with Crippen LogP contribution in [0, 0.1) is 20.8 Å². The number of anilines is 3. The van der Waals surface area contributed by atoms with Gasteiger partial charge in [-0.3, -0.25) is 4.79 Å². The van der Waals surface area contributed by atoms with Crippen LogP contribution < -0.4 is 10.6 Å². The number of nitrogens with one attached hydrogen (secondary N) is 2. The summed E-state index contributed by atoms with van der Waals surface area (Å²) in [7, 11) is 0. The lowest BCUT2D eigenvalue weighted by molar-refractivity contribution is -0.115. The highest BCUT2D eigenvalue weighted by atomic mass is 32.2. The molecule has 0 radical (unpaired) electrons. The monoisotopic (exact) mass is 398 g/mol. The SMILES string of the molecule is Cc1cccc(Nc2nnc(S[C@H](C)C(=O)Nc3cc(C)ccc3C)s2)c1. The van der Waals surface area contributed by atoms with E-state index in [0.717, 1.165) is 26.8 Å². The molecular weight excluding hydrogens is 376 g/mol. The van der Waals surface area contributed by atoms with Gasteiger partial charge in [-0.05, 0) is 62.6 Å². The fourth-order valence-corrected chi connectivity index (χ4v) is 4.38. The van der Waals surface area contributed by atoms with E-state index >= 15 is 0 Å². The molecule has 0 aliphatic carbocycles. The van der Waals surface area contributed by atoms with Crippen LogP contribution in [-0.2, 0) is 4.79 Å². The second kappa shape index (κ2) is 8.54. The summed E-state index contributed by atoms with van der Waals surface area (Å²) in [6.45, 7) is 7.92. The minimum absolute atomic E-state index is 0.0444. The van der Waals surface area contributed by atoms with Gasteiger partial charge in [-0.15, -0.1) is 10.2 Å². The number of amides is 1. The molecule has 0 spiro atoms. The molecule has 0 fully saturated rings. The average Bonchev–Trinajstić information content (AvgIpc) is 3.05. The van der Waals surface area contributed by atoms with Crippen LogP contribution >= 0.6 is 23.1 Å². The number of aryl methyl sites for hydroxylation is 3. The number of hydrogen-bond acceptors (Lipinski definition) is 6. The van der Waals surface area contributed by atoms with Gasteiger partial charge in [-0.1, -0.05) is 47.4 Å². The van der Waals surface area contributed by atoms with Crippen molar-refractivity contribution in [3.05, 3.63) is 59.2 Å². The van der Waals surface area contributed by atoms with Gasteiger partial charge in [0, 0.05) is 11.4 Å². The van der Waals surface area contributed by atoms with Crippen molar-refractivity contribution in [1.29, 1.82) is 0 Å². The molecule has 2 aromatic carbocycles. The van der Waals surface area contributed by atoms with Gasteiger partial charge in [0.2, 0.25) is 11.0 Å². The zero-order valence-corrected chi connectivity index (χ0v) is 17.4. The molecular formula is C20H22N4OS2. The Morgan fingerprint density at radius 3 is 2.63 bits per heavy atom. The van der Waals surface area contributed by atoms with E-state index in [1.54, 1.807) is 0 Å². The number of thioether (sulfide) groups is 1. The Morgan fingerprint density at radius 2 is 1.85 bits per heavy atom. The number of aromatic nitrogens is 2. The van der Waals surface area contributed by atoms with Crippen LogP contribution in [0.15, 0.2) is 46.8 Å². The highest BCUT2D eigenvalue weighted by Crippen LogP contribution is 2.31. The van der Waals surface area contributed by atoms with Crippen molar-refractivity contribution in [2.75, 3.05) is 10.6 Å². The molecule has 1 amide bonds. The predicted octanol–water partition coefficient (Wildman–Crippen LogP) is 5.33. The summed E-state index contributed by atoms with van der Waals surface area (Å²) in [4.78, 5) is 12.5. The Balaban J connectivity index is 1.60. The lowest BCUT2D eigenvalue weighted by Gasteiger charge is -2.12. The van der Waals surface area contributed by atoms with Crippen LogP contribution in [0.2, 0.25) is 0 Å². The van der Waals surface area contributed by atoms with Crippen LogP contribution in [0.3, 0.4) is 0 Å². The Kier molecular flexibility index (Phi) is 6.13. The van der Waals surface area contributed by atoms with Crippen molar-refractivity contribution >= 4 is 45.5 Å². The van der Waals surface area contributed by atoms with Gasteiger partial charge in [0.1, 0.15) is 0 Å². The van der Waals surface area contributed by atoms with Gasteiger partial charge >= 0.3 is 0 Å². The zero-order chi connectivity index (χ0) is 19.4. The predicted molar refractivity (Wildman–Crippen MR) is 114 cm³/mol. The number of carbonyl (C=O) groups excluding carboxylic acids is 1. The van der Waals surface area contributed by atoms with E-state index < -0.39 is 0 Å². The van der Waals surface area contributed by atoms with Gasteiger partial charge in [0.25, 0.3) is 0 Å². The third-order valence-corrected chi connectivity index (χ3v) is 6.00. The molecule has 0 bridgehead atoms. The number of nitrogens with zero attached hydrogens (tertiary/aromatic N) is 2. The maximum Gasteiger partial charge on any atom is 0.237 e. The first-order valence-corrected chi connectivity index (χ1v) is 10.3. The molecule has 0 aliphatic rings. The lowest BCUT2D eigenvalue weighted by Crippen LogP contribution is -2.22. The van der Waals surface area contributed by atoms with Crippen LogP contribution in [-0.4, -0.2) is 21.4 Å². The summed E-state index contributed by atoms with van der Waals surface area (Å²) in [5.41, 5.74) is 5.17. The van der Waals surface area contributed by atoms with Crippen molar-refractivity contribution in [2.45, 2.75) is 37.3 Å². The fourth-order valence-electron chi connectivity index (χ4n) is 2.46. The van der Waals surface area contributed by atoms with Gasteiger partial charge in [0.15, 0.2) is 4.34 Å². The standard InChI is InChI=1S/C20H22N4OS2/c1-12-6-5-7-16(10-12)21-19-23-24-20(27-19)26-15(4)18(25)22-17-11-13(2)8-9-14(17)3/h5-11,15H,1-4H3,(H,21,23)(H,22,25)/t15-/m1/s1. The Labute approximate surface area is 167 Å². The maximum atomic E-state index is 12.5. The van der Waals surface area contributed by atoms with Crippen molar-refractivity contribution < 1.29 is 4.79 Å². The molecule has 7 heteroatoms. The summed E-state index contributed by atoms with van der Waals surface area (Å²) in [5, 5.41) is 15.0. The molecule has 1 atom stereocenters. The van der Waals surface area contributed by atoms with Crippen LogP contribution in [0.5, 0.6) is 0 Å². The summed E-state index contributed by atoms with van der Waals surface area (Å²) in [5.74, 6) is -0.0444. The number of benzene rings is 2. The molecule has 0 saturated heterocycles. The fraction of sp³-hybridized carbons (Fsp3) is 0.250. The first kappa shape index (κ1) is 19.4. The van der Waals surface area contributed by atoms with E-state index in [4.69, 9.17) is 0 Å². The van der Waals surface area contributed by atoms with E-state index in [9.17, 15) is 4.79 Å². The third kappa shape index (κ3) is 5.30. The normalized spacial score (nSPS) is 11.9. The lowest BCUT2D eigenvalue weighted by atomic mass is 10.1. The number of rotatable bonds is 6. The summed E-state index contributed by atoms with van der Waals surface area (Å²) in [6, 6.07) is 14.1. The molecule has 2 N–H and O–H groups in total. The maximum absolute atomic E-state index is 12.5. The molecule has 27 heavy (non-hydrogen) atoms. The van der Waals surface area contributed by atoms with E-state index in [-0.39, 0.29) is 11.2 Å². The molecule has 140 valence electrons. The molecule has 3 rings (SSSR count). The van der Waals surface area contributed by atoms with Gasteiger partial charge in [0.05, 0.1) is 5.25 Å². The number of carbonyl (C=O) groups is 1. The molecule has 1 aromatic heterocycles. The van der Waals surface area contributed by atoms with Crippen LogP contribution in [0.1, 0.15) is 23.6 Å². The molecule has 3 aromatic rings. The Hall–Kier alpha value is -2.38. The van der Waals surface area contributed by atoms with Crippen molar-refractivity contribution in [3.8, 4) is 0 Å². The topological polar surface area (TPSA) is 66.9 Å². The minimum atomic E-state index is -0.273. The Morgan fingerprint density at radius 1 is 1.07 bits per heavy atom. The second-order valence-corrected chi connectivity index (χ2v) is 9.00. The van der Waals surface area contributed by atoms with Crippen molar-refractivity contribution in [3.63, 3.8) is 0 Å². The van der Waals surface area contributed by atoms with Crippen molar-refractivity contribution in [1.82, 2.24) is 10.2 Å². The second-order valence-electron chi connectivity index (χ2n) is 6.44. The summed E-state index contributed by atoms with van der Waals surface area (Å²) < 4.78 is 0.758. The molecule has 5 nitrogen and oxygen atoms in total. The van der Waals surface area contributed by atoms with Crippen molar-refractivity contribution in [2.24, 2.45) is 0 Å². The number of hydrogen-bond donors (Lipinski definition) is 2. The minimum Gasteiger partial charge on any atom is -0.330 e. The van der Waals surface area contributed by atoms with E-state index in [1.807, 2.05) is 64.1 Å². The largest absolute Gasteiger partial charge is 0.330 e. The Bertz CT molecular complexity index is 955. The van der Waals surface area contributed by atoms with E-state index in [1.165, 1.54) is 28.7 Å². The highest BCUT2D eigenvalue weighted by molar-refractivity contribution is 8.02. The van der Waals surface area contributed by atoms with Gasteiger partial charge in [-0.2, -0.15) is 0 Å². The molecule has 1 heterocycles. The quantitative estimate of drug-likeness (QED) is 0.550. The average molecular weight is 399 g/mol. The van der Waals surface area contributed by atoms with Crippen LogP contribution in [0.25, 0.3) is 0 Å².